The normalized spacial score (nSPS) is 10.6. The van der Waals surface area contributed by atoms with Gasteiger partial charge in [0.2, 0.25) is 5.91 Å². The van der Waals surface area contributed by atoms with Gasteiger partial charge in [0.25, 0.3) is 0 Å². The molecule has 1 amide bonds. The summed E-state index contributed by atoms with van der Waals surface area (Å²) in [6.45, 7) is 10.2. The zero-order chi connectivity index (χ0) is 10.5. The van der Waals surface area contributed by atoms with Gasteiger partial charge in [0.1, 0.15) is 0 Å². The van der Waals surface area contributed by atoms with Crippen LogP contribution in [0.15, 0.2) is 0 Å². The number of nitrogens with zero attached hydrogens (tertiary/aromatic N) is 1. The van der Waals surface area contributed by atoms with Crippen LogP contribution in [0.25, 0.3) is 0 Å². The summed E-state index contributed by atoms with van der Waals surface area (Å²) < 4.78 is 0. The summed E-state index contributed by atoms with van der Waals surface area (Å²) in [5, 5.41) is 0. The van der Waals surface area contributed by atoms with E-state index in [0.29, 0.717) is 13.0 Å². The molecule has 14 heavy (non-hydrogen) atoms. The summed E-state index contributed by atoms with van der Waals surface area (Å²) in [7, 11) is 0. The van der Waals surface area contributed by atoms with Crippen molar-refractivity contribution in [2.75, 3.05) is 19.6 Å². The van der Waals surface area contributed by atoms with Crippen LogP contribution in [-0.2, 0) is 4.79 Å². The smallest absolute Gasteiger partial charge is 0.223 e. The minimum absolute atomic E-state index is 0. The van der Waals surface area contributed by atoms with E-state index in [4.69, 9.17) is 5.73 Å². The van der Waals surface area contributed by atoms with Gasteiger partial charge in [-0.1, -0.05) is 13.8 Å². The Kier molecular flexibility index (Phi) is 8.16. The van der Waals surface area contributed by atoms with Crippen molar-refractivity contribution in [3.63, 3.8) is 0 Å². The maximum atomic E-state index is 11.7. The predicted molar refractivity (Wildman–Crippen MR) is 62.6 cm³/mol. The molecule has 0 aromatic carbocycles. The highest BCUT2D eigenvalue weighted by Gasteiger charge is 2.22. The van der Waals surface area contributed by atoms with Crippen LogP contribution in [0.1, 0.15) is 34.1 Å². The summed E-state index contributed by atoms with van der Waals surface area (Å²) in [4.78, 5) is 13.5. The first-order chi connectivity index (χ1) is 5.96. The first-order valence-electron chi connectivity index (χ1n) is 4.94. The number of hydrogen-bond donors (Lipinski definition) is 1. The summed E-state index contributed by atoms with van der Waals surface area (Å²) in [6, 6.07) is 0. The molecule has 0 aliphatic carbocycles. The van der Waals surface area contributed by atoms with Gasteiger partial charge in [0, 0.05) is 19.5 Å². The van der Waals surface area contributed by atoms with E-state index in [0.717, 1.165) is 13.1 Å². The lowest BCUT2D eigenvalue weighted by molar-refractivity contribution is -0.132. The Labute approximate surface area is 93.4 Å². The molecule has 0 atom stereocenters. The topological polar surface area (TPSA) is 46.3 Å². The molecule has 0 bridgehead atoms. The van der Waals surface area contributed by atoms with Crippen LogP contribution in [0.4, 0.5) is 0 Å². The van der Waals surface area contributed by atoms with Crippen LogP contribution in [0.5, 0.6) is 0 Å². The maximum absolute atomic E-state index is 11.7. The first kappa shape index (κ1) is 16.2. The van der Waals surface area contributed by atoms with E-state index >= 15 is 0 Å². The minimum Gasteiger partial charge on any atom is -0.343 e. The molecule has 0 aliphatic rings. The maximum Gasteiger partial charge on any atom is 0.223 e. The van der Waals surface area contributed by atoms with Gasteiger partial charge in [0.15, 0.2) is 0 Å². The lowest BCUT2D eigenvalue weighted by Crippen LogP contribution is -2.36. The second-order valence-corrected chi connectivity index (χ2v) is 4.11. The first-order valence-corrected chi connectivity index (χ1v) is 4.94. The third-order valence-electron chi connectivity index (χ3n) is 2.30. The van der Waals surface area contributed by atoms with Crippen LogP contribution in [-0.4, -0.2) is 30.4 Å². The van der Waals surface area contributed by atoms with E-state index in [1.165, 1.54) is 0 Å². The highest BCUT2D eigenvalue weighted by atomic mass is 35.5. The number of carbonyl (C=O) groups is 1. The number of nitrogens with two attached hydrogens (primary N) is 1. The molecule has 0 aliphatic heterocycles. The average molecular weight is 223 g/mol. The Morgan fingerprint density at radius 3 is 2.00 bits per heavy atom. The van der Waals surface area contributed by atoms with E-state index in [-0.39, 0.29) is 23.7 Å². The summed E-state index contributed by atoms with van der Waals surface area (Å²) >= 11 is 0. The van der Waals surface area contributed by atoms with Crippen molar-refractivity contribution < 1.29 is 4.79 Å². The molecule has 0 aromatic heterocycles. The van der Waals surface area contributed by atoms with Gasteiger partial charge >= 0.3 is 0 Å². The van der Waals surface area contributed by atoms with Crippen molar-refractivity contribution in [1.29, 1.82) is 0 Å². The molecule has 0 heterocycles. The molecule has 3 nitrogen and oxygen atoms in total. The standard InChI is InChI=1S/C10H22N2O.ClH/c1-5-12(6-2)9(13)7-10(3,4)8-11;/h5-8,11H2,1-4H3;1H. The highest BCUT2D eigenvalue weighted by molar-refractivity contribution is 5.85. The fraction of sp³-hybridized carbons (Fsp3) is 0.900. The number of rotatable bonds is 5. The Bertz CT molecular complexity index is 168. The summed E-state index contributed by atoms with van der Waals surface area (Å²) in [5.74, 6) is 0.209. The van der Waals surface area contributed by atoms with E-state index in [9.17, 15) is 4.79 Å². The van der Waals surface area contributed by atoms with E-state index in [1.54, 1.807) is 0 Å². The average Bonchev–Trinajstić information content (AvgIpc) is 2.06. The molecule has 0 fully saturated rings. The summed E-state index contributed by atoms with van der Waals surface area (Å²) in [6.07, 6.45) is 0.547. The predicted octanol–water partition coefficient (Wildman–Crippen LogP) is 1.65. The third-order valence-corrected chi connectivity index (χ3v) is 2.30. The molecular formula is C10H23ClN2O. The monoisotopic (exact) mass is 222 g/mol. The number of carbonyl (C=O) groups excluding carboxylic acids is 1. The van der Waals surface area contributed by atoms with E-state index in [2.05, 4.69) is 0 Å². The van der Waals surface area contributed by atoms with Gasteiger partial charge < -0.3 is 10.6 Å². The van der Waals surface area contributed by atoms with Gasteiger partial charge in [-0.15, -0.1) is 12.4 Å². The second-order valence-electron chi connectivity index (χ2n) is 4.11. The van der Waals surface area contributed by atoms with Crippen LogP contribution in [0.3, 0.4) is 0 Å². The van der Waals surface area contributed by atoms with Crippen molar-refractivity contribution in [1.82, 2.24) is 4.90 Å². The van der Waals surface area contributed by atoms with Gasteiger partial charge in [-0.05, 0) is 25.8 Å². The van der Waals surface area contributed by atoms with Crippen molar-refractivity contribution in [3.05, 3.63) is 0 Å². The molecule has 0 rings (SSSR count). The van der Waals surface area contributed by atoms with Gasteiger partial charge in [-0.25, -0.2) is 0 Å². The fourth-order valence-corrected chi connectivity index (χ4v) is 1.17. The van der Waals surface area contributed by atoms with Crippen LogP contribution in [0.2, 0.25) is 0 Å². The van der Waals surface area contributed by atoms with Crippen LogP contribution >= 0.6 is 12.4 Å². The molecule has 86 valence electrons. The van der Waals surface area contributed by atoms with Gasteiger partial charge in [-0.3, -0.25) is 4.79 Å². The lowest BCUT2D eigenvalue weighted by atomic mass is 9.89. The molecule has 0 spiro atoms. The molecule has 2 N–H and O–H groups in total. The molecule has 0 unspecified atom stereocenters. The number of amides is 1. The van der Waals surface area contributed by atoms with Crippen molar-refractivity contribution in [3.8, 4) is 0 Å². The quantitative estimate of drug-likeness (QED) is 0.769. The molecular weight excluding hydrogens is 200 g/mol. The molecule has 0 saturated carbocycles. The number of halogens is 1. The van der Waals surface area contributed by atoms with Crippen molar-refractivity contribution >= 4 is 18.3 Å². The van der Waals surface area contributed by atoms with E-state index < -0.39 is 0 Å². The zero-order valence-electron chi connectivity index (χ0n) is 9.67. The van der Waals surface area contributed by atoms with Gasteiger partial charge in [0.05, 0.1) is 0 Å². The molecule has 0 aromatic rings. The molecule has 0 radical (unpaired) electrons. The fourth-order valence-electron chi connectivity index (χ4n) is 1.17. The Morgan fingerprint density at radius 1 is 1.29 bits per heavy atom. The lowest BCUT2D eigenvalue weighted by Gasteiger charge is -2.26. The highest BCUT2D eigenvalue weighted by Crippen LogP contribution is 2.19. The van der Waals surface area contributed by atoms with Crippen molar-refractivity contribution in [2.45, 2.75) is 34.1 Å². The van der Waals surface area contributed by atoms with Crippen LogP contribution < -0.4 is 5.73 Å². The second kappa shape index (κ2) is 7.07. The Morgan fingerprint density at radius 2 is 1.71 bits per heavy atom. The SMILES string of the molecule is CCN(CC)C(=O)CC(C)(C)CN.Cl. The van der Waals surface area contributed by atoms with Crippen LogP contribution in [0, 0.1) is 5.41 Å². The minimum atomic E-state index is -0.0698. The Balaban J connectivity index is 0. The largest absolute Gasteiger partial charge is 0.343 e. The van der Waals surface area contributed by atoms with Gasteiger partial charge in [-0.2, -0.15) is 0 Å². The Hall–Kier alpha value is -0.280. The molecule has 0 saturated heterocycles. The summed E-state index contributed by atoms with van der Waals surface area (Å²) in [5.41, 5.74) is 5.50. The number of hydrogen-bond acceptors (Lipinski definition) is 2. The zero-order valence-corrected chi connectivity index (χ0v) is 10.5. The van der Waals surface area contributed by atoms with Crippen molar-refractivity contribution in [2.24, 2.45) is 11.1 Å². The third kappa shape index (κ3) is 5.45. The molecule has 4 heteroatoms. The van der Waals surface area contributed by atoms with E-state index in [1.807, 2.05) is 32.6 Å².